The lowest BCUT2D eigenvalue weighted by Crippen LogP contribution is -2.48. The highest BCUT2D eigenvalue weighted by Gasteiger charge is 2.33. The molecule has 0 unspecified atom stereocenters. The van der Waals surface area contributed by atoms with E-state index in [1.807, 2.05) is 0 Å². The quantitative estimate of drug-likeness (QED) is 0.254. The molecule has 0 aliphatic heterocycles. The third-order valence-electron chi connectivity index (χ3n) is 1.51. The fraction of sp³-hybridized carbons (Fsp3) is 0.833. The molecular weight excluding hydrogens is 190 g/mol. The number of rotatable bonds is 5. The molecule has 6 N–H and O–H groups in total. The molecule has 0 aliphatic carbocycles. The smallest absolute Gasteiger partial charge is 0.335 e. The summed E-state index contributed by atoms with van der Waals surface area (Å²) in [5.41, 5.74) is 0. The van der Waals surface area contributed by atoms with Gasteiger partial charge in [0, 0.05) is 0 Å². The van der Waals surface area contributed by atoms with Crippen LogP contribution in [0.25, 0.3) is 0 Å². The minimum atomic E-state index is -2.20. The zero-order valence-electron chi connectivity index (χ0n) is 6.61. The summed E-state index contributed by atoms with van der Waals surface area (Å²) in [4.78, 5) is 10.1. The third kappa shape index (κ3) is 3.25. The van der Waals surface area contributed by atoms with Crippen molar-refractivity contribution in [2.45, 2.75) is 24.4 Å². The lowest BCUT2D eigenvalue weighted by molar-refractivity contribution is -0.164. The van der Waals surface area contributed by atoms with E-state index in [0.717, 1.165) is 0 Å². The van der Waals surface area contributed by atoms with Gasteiger partial charge < -0.3 is 30.6 Å². The second-order valence-electron chi connectivity index (χ2n) is 2.51. The standard InChI is InChI=1S/C6H12O7/c7-1-2(8)3(9)4(10)5(11)6(12)13/h2-5,7-11H,1H2,(H,12,13)/t2-,3-,4+,5-/m1/s1/i1+1,2+1,3+1,4+1,5+1,6+1. The maximum absolute atomic E-state index is 10.1. The first-order valence-electron chi connectivity index (χ1n) is 3.47. The monoisotopic (exact) mass is 202 g/mol. The SMILES string of the molecule is O=[13C](O)[13C@H](O)[13C@@H](O)[13C@H](O)[13C@H](O)[13CH2]O. The predicted molar refractivity (Wildman–Crippen MR) is 38.7 cm³/mol. The number of carboxylic acid groups (broad SMARTS) is 1. The van der Waals surface area contributed by atoms with E-state index >= 15 is 0 Å². The summed E-state index contributed by atoms with van der Waals surface area (Å²) < 4.78 is 0. The Hall–Kier alpha value is -0.730. The van der Waals surface area contributed by atoms with Gasteiger partial charge in [0.15, 0.2) is 6.10 Å². The fourth-order valence-electron chi connectivity index (χ4n) is 0.668. The molecule has 7 nitrogen and oxygen atoms in total. The normalized spacial score (nSPS) is 20.4. The van der Waals surface area contributed by atoms with Gasteiger partial charge in [0.05, 0.1) is 6.61 Å². The number of carboxylic acids is 1. The minimum Gasteiger partial charge on any atom is -0.479 e. The molecule has 0 radical (unpaired) electrons. The molecule has 0 aromatic rings. The van der Waals surface area contributed by atoms with Crippen molar-refractivity contribution < 1.29 is 35.4 Å². The van der Waals surface area contributed by atoms with Crippen molar-refractivity contribution >= 4 is 5.97 Å². The van der Waals surface area contributed by atoms with Gasteiger partial charge in [0.2, 0.25) is 0 Å². The van der Waals surface area contributed by atoms with E-state index in [0.29, 0.717) is 0 Å². The second-order valence-corrected chi connectivity index (χ2v) is 2.51. The van der Waals surface area contributed by atoms with Crippen molar-refractivity contribution in [3.05, 3.63) is 0 Å². The van der Waals surface area contributed by atoms with E-state index in [1.54, 1.807) is 0 Å². The zero-order valence-corrected chi connectivity index (χ0v) is 6.61. The molecule has 0 fully saturated rings. The Labute approximate surface area is 73.5 Å². The summed E-state index contributed by atoms with van der Waals surface area (Å²) in [6.45, 7) is -0.843. The van der Waals surface area contributed by atoms with Crippen LogP contribution in [0.5, 0.6) is 0 Å². The van der Waals surface area contributed by atoms with Crippen molar-refractivity contribution in [3.8, 4) is 0 Å². The molecular formula is C6H12O7. The van der Waals surface area contributed by atoms with Gasteiger partial charge in [-0.3, -0.25) is 0 Å². The Kier molecular flexibility index (Phi) is 4.81. The van der Waals surface area contributed by atoms with Crippen molar-refractivity contribution in [3.63, 3.8) is 0 Å². The maximum atomic E-state index is 10.1. The number of aliphatic carboxylic acids is 1. The van der Waals surface area contributed by atoms with Gasteiger partial charge in [0.1, 0.15) is 18.3 Å². The van der Waals surface area contributed by atoms with E-state index < -0.39 is 37.0 Å². The Balaban J connectivity index is 4.24. The highest BCUT2D eigenvalue weighted by atomic mass is 16.6. The molecule has 0 aromatic carbocycles. The van der Waals surface area contributed by atoms with Gasteiger partial charge in [-0.05, 0) is 0 Å². The summed E-state index contributed by atoms with van der Waals surface area (Å²) >= 11 is 0. The van der Waals surface area contributed by atoms with Crippen LogP contribution in [-0.4, -0.2) is 67.6 Å². The van der Waals surface area contributed by atoms with E-state index in [2.05, 4.69) is 0 Å². The van der Waals surface area contributed by atoms with Gasteiger partial charge in [0.25, 0.3) is 0 Å². The molecule has 78 valence electrons. The van der Waals surface area contributed by atoms with Gasteiger partial charge in [-0.25, -0.2) is 4.79 Å². The highest BCUT2D eigenvalue weighted by molar-refractivity contribution is 5.72. The molecule has 0 saturated carbocycles. The van der Waals surface area contributed by atoms with Crippen LogP contribution in [0, 0.1) is 0 Å². The first kappa shape index (κ1) is 12.3. The van der Waals surface area contributed by atoms with E-state index in [9.17, 15) is 4.79 Å². The Morgan fingerprint density at radius 1 is 1.08 bits per heavy atom. The van der Waals surface area contributed by atoms with Crippen LogP contribution >= 0.6 is 0 Å². The Morgan fingerprint density at radius 2 is 1.54 bits per heavy atom. The molecule has 0 amide bonds. The van der Waals surface area contributed by atoms with E-state index in [1.165, 1.54) is 0 Å². The lowest BCUT2D eigenvalue weighted by atomic mass is 11.0. The van der Waals surface area contributed by atoms with Crippen molar-refractivity contribution in [2.24, 2.45) is 0 Å². The number of aliphatic hydroxyl groups is 5. The first-order valence-corrected chi connectivity index (χ1v) is 3.47. The number of carbonyl (C=O) groups is 1. The predicted octanol–water partition coefficient (Wildman–Crippen LogP) is -3.49. The van der Waals surface area contributed by atoms with Crippen LogP contribution in [0.15, 0.2) is 0 Å². The third-order valence-corrected chi connectivity index (χ3v) is 1.51. The molecule has 0 rings (SSSR count). The number of hydrogen-bond donors (Lipinski definition) is 6. The maximum Gasteiger partial charge on any atom is 0.335 e. The van der Waals surface area contributed by atoms with Crippen LogP contribution in [0.3, 0.4) is 0 Å². The molecule has 0 aliphatic rings. The molecule has 7 heteroatoms. The summed E-state index contributed by atoms with van der Waals surface area (Å²) in [7, 11) is 0. The van der Waals surface area contributed by atoms with Gasteiger partial charge in [-0.15, -0.1) is 0 Å². The number of aliphatic hydroxyl groups excluding tert-OH is 5. The average Bonchev–Trinajstić information content (AvgIpc) is 2.12. The topological polar surface area (TPSA) is 138 Å². The molecule has 0 aromatic heterocycles. The van der Waals surface area contributed by atoms with E-state index in [-0.39, 0.29) is 0 Å². The van der Waals surface area contributed by atoms with Crippen LogP contribution in [0.1, 0.15) is 0 Å². The van der Waals surface area contributed by atoms with Gasteiger partial charge >= 0.3 is 5.97 Å². The first-order chi connectivity index (χ1) is 5.91. The second kappa shape index (κ2) is 5.10. The summed E-state index contributed by atoms with van der Waals surface area (Å²) in [6.07, 6.45) is -7.84. The van der Waals surface area contributed by atoms with Crippen molar-refractivity contribution in [1.82, 2.24) is 0 Å². The summed E-state index contributed by atoms with van der Waals surface area (Å²) in [5.74, 6) is -1.73. The van der Waals surface area contributed by atoms with Crippen molar-refractivity contribution in [2.75, 3.05) is 6.61 Å². The molecule has 0 bridgehead atoms. The highest BCUT2D eigenvalue weighted by Crippen LogP contribution is 2.04. The Morgan fingerprint density at radius 3 is 1.85 bits per heavy atom. The van der Waals surface area contributed by atoms with Crippen LogP contribution < -0.4 is 0 Å². The fourth-order valence-corrected chi connectivity index (χ4v) is 0.668. The molecule has 13 heavy (non-hydrogen) atoms. The van der Waals surface area contributed by atoms with Gasteiger partial charge in [-0.2, -0.15) is 0 Å². The van der Waals surface area contributed by atoms with Crippen LogP contribution in [-0.2, 0) is 4.79 Å². The van der Waals surface area contributed by atoms with Crippen LogP contribution in [0.2, 0.25) is 0 Å². The van der Waals surface area contributed by atoms with Crippen LogP contribution in [0.4, 0.5) is 0 Å². The van der Waals surface area contributed by atoms with E-state index in [4.69, 9.17) is 30.6 Å². The molecule has 0 spiro atoms. The average molecular weight is 202 g/mol. The van der Waals surface area contributed by atoms with Crippen molar-refractivity contribution in [1.29, 1.82) is 0 Å². The molecule has 0 saturated heterocycles. The largest absolute Gasteiger partial charge is 0.479 e. The number of hydrogen-bond acceptors (Lipinski definition) is 6. The lowest BCUT2D eigenvalue weighted by Gasteiger charge is -2.23. The molecule has 0 heterocycles. The summed E-state index contributed by atoms with van der Waals surface area (Å²) in [6, 6.07) is 0. The van der Waals surface area contributed by atoms with Gasteiger partial charge in [-0.1, -0.05) is 0 Å². The zero-order chi connectivity index (χ0) is 10.6. The summed E-state index contributed by atoms with van der Waals surface area (Å²) in [5, 5.41) is 51.8. The Bertz CT molecular complexity index is 170. The minimum absolute atomic E-state index is 0.843. The molecule has 4 atom stereocenters.